The van der Waals surface area contributed by atoms with Crippen LogP contribution in [-0.2, 0) is 17.8 Å². The second kappa shape index (κ2) is 5.73. The van der Waals surface area contributed by atoms with Crippen LogP contribution in [0.5, 0.6) is 0 Å². The Morgan fingerprint density at radius 1 is 1.50 bits per heavy atom. The highest BCUT2D eigenvalue weighted by atomic mass is 32.1. The van der Waals surface area contributed by atoms with Crippen LogP contribution >= 0.6 is 11.3 Å². The van der Waals surface area contributed by atoms with Gasteiger partial charge >= 0.3 is 0 Å². The van der Waals surface area contributed by atoms with Crippen LogP contribution < -0.4 is 5.32 Å². The number of rotatable bonds is 3. The van der Waals surface area contributed by atoms with Gasteiger partial charge in [0.2, 0.25) is 5.91 Å². The summed E-state index contributed by atoms with van der Waals surface area (Å²) < 4.78 is 0. The number of fused-ring (bicyclic) bond motifs is 1. The number of carbonyl (C=O) groups is 1. The van der Waals surface area contributed by atoms with Gasteiger partial charge in [-0.15, -0.1) is 11.3 Å². The molecule has 1 atom stereocenters. The van der Waals surface area contributed by atoms with E-state index in [4.69, 9.17) is 0 Å². The van der Waals surface area contributed by atoms with Gasteiger partial charge in [-0.1, -0.05) is 24.3 Å². The van der Waals surface area contributed by atoms with Gasteiger partial charge in [0.15, 0.2) is 0 Å². The van der Waals surface area contributed by atoms with Crippen LogP contribution in [0.25, 0.3) is 0 Å². The van der Waals surface area contributed by atoms with E-state index in [1.165, 1.54) is 5.56 Å². The van der Waals surface area contributed by atoms with Crippen LogP contribution in [0.15, 0.2) is 35.2 Å². The van der Waals surface area contributed by atoms with Crippen molar-refractivity contribution in [2.24, 2.45) is 0 Å². The molecule has 5 heteroatoms. The van der Waals surface area contributed by atoms with Gasteiger partial charge in [0.1, 0.15) is 6.04 Å². The summed E-state index contributed by atoms with van der Waals surface area (Å²) in [6.07, 6.45) is 0.982. The number of hydrogen-bond donors (Lipinski definition) is 1. The molecule has 104 valence electrons. The molecular weight excluding hydrogens is 270 g/mol. The summed E-state index contributed by atoms with van der Waals surface area (Å²) in [4.78, 5) is 18.6. The number of thiazole rings is 1. The maximum Gasteiger partial charge on any atom is 0.244 e. The van der Waals surface area contributed by atoms with E-state index in [9.17, 15) is 4.79 Å². The van der Waals surface area contributed by atoms with E-state index in [1.54, 1.807) is 21.7 Å². The first kappa shape index (κ1) is 13.3. The third-order valence-electron chi connectivity index (χ3n) is 3.61. The van der Waals surface area contributed by atoms with Gasteiger partial charge in [0.05, 0.1) is 17.7 Å². The smallest absolute Gasteiger partial charge is 0.244 e. The van der Waals surface area contributed by atoms with E-state index in [0.29, 0.717) is 6.54 Å². The first-order chi connectivity index (χ1) is 9.75. The minimum atomic E-state index is -0.233. The van der Waals surface area contributed by atoms with E-state index in [1.807, 2.05) is 30.6 Å². The predicted molar refractivity (Wildman–Crippen MR) is 79.5 cm³/mol. The second-order valence-electron chi connectivity index (χ2n) is 5.01. The molecule has 1 N–H and O–H groups in total. The van der Waals surface area contributed by atoms with Crippen molar-refractivity contribution >= 4 is 17.2 Å². The number of carbonyl (C=O) groups excluding carboxylic acids is 1. The predicted octanol–water partition coefficient (Wildman–Crippen LogP) is 1.99. The van der Waals surface area contributed by atoms with Crippen molar-refractivity contribution in [3.63, 3.8) is 0 Å². The third-order valence-corrected chi connectivity index (χ3v) is 4.25. The minimum absolute atomic E-state index is 0.102. The van der Waals surface area contributed by atoms with Crippen LogP contribution in [0.4, 0.5) is 0 Å². The Morgan fingerprint density at radius 3 is 3.15 bits per heavy atom. The summed E-state index contributed by atoms with van der Waals surface area (Å²) in [6.45, 7) is 1.40. The van der Waals surface area contributed by atoms with Gasteiger partial charge in [-0.2, -0.15) is 0 Å². The highest BCUT2D eigenvalue weighted by Gasteiger charge is 2.28. The average molecular weight is 287 g/mol. The molecule has 0 aliphatic carbocycles. The molecule has 20 heavy (non-hydrogen) atoms. The third kappa shape index (κ3) is 2.59. The Morgan fingerprint density at radius 2 is 2.35 bits per heavy atom. The maximum atomic E-state index is 12.6. The summed E-state index contributed by atoms with van der Waals surface area (Å²) >= 11 is 1.55. The zero-order valence-electron chi connectivity index (χ0n) is 11.4. The summed E-state index contributed by atoms with van der Waals surface area (Å²) in [7, 11) is 1.83. The molecule has 0 saturated carbocycles. The van der Waals surface area contributed by atoms with E-state index >= 15 is 0 Å². The van der Waals surface area contributed by atoms with E-state index in [2.05, 4.69) is 16.4 Å². The number of likely N-dealkylation sites (N-methyl/N-ethyl adjacent to an activating group) is 1. The van der Waals surface area contributed by atoms with Gasteiger partial charge in [-0.3, -0.25) is 4.79 Å². The summed E-state index contributed by atoms with van der Waals surface area (Å²) in [5, 5.41) is 5.30. The van der Waals surface area contributed by atoms with Gasteiger partial charge in [-0.25, -0.2) is 4.98 Å². The lowest BCUT2D eigenvalue weighted by atomic mass is 9.93. The molecule has 1 aromatic carbocycles. The molecule has 2 heterocycles. The van der Waals surface area contributed by atoms with Crippen LogP contribution in [0, 0.1) is 0 Å². The molecule has 2 aromatic rings. The van der Waals surface area contributed by atoms with Crippen molar-refractivity contribution in [3.8, 4) is 0 Å². The lowest BCUT2D eigenvalue weighted by Crippen LogP contribution is -2.42. The van der Waals surface area contributed by atoms with E-state index in [0.717, 1.165) is 24.2 Å². The van der Waals surface area contributed by atoms with Crippen LogP contribution in [-0.4, -0.2) is 29.4 Å². The van der Waals surface area contributed by atoms with Crippen molar-refractivity contribution in [2.45, 2.75) is 19.0 Å². The van der Waals surface area contributed by atoms with Crippen molar-refractivity contribution in [3.05, 3.63) is 52.0 Å². The average Bonchev–Trinajstić information content (AvgIpc) is 2.99. The lowest BCUT2D eigenvalue weighted by Gasteiger charge is -2.29. The minimum Gasteiger partial charge on any atom is -0.338 e. The standard InChI is InChI=1S/C15H17N3OS/c1-18(8-12-9-20-10-17-12)15(19)14-13-5-3-2-4-11(13)6-7-16-14/h2-5,9-10,14,16H,6-8H2,1H3. The van der Waals surface area contributed by atoms with E-state index < -0.39 is 0 Å². The molecule has 1 amide bonds. The Kier molecular flexibility index (Phi) is 3.80. The van der Waals surface area contributed by atoms with Crippen LogP contribution in [0.3, 0.4) is 0 Å². The van der Waals surface area contributed by atoms with Crippen molar-refractivity contribution in [1.29, 1.82) is 0 Å². The fourth-order valence-corrected chi connectivity index (χ4v) is 3.13. The SMILES string of the molecule is CN(Cc1cscn1)C(=O)C1NCCc2ccccc21. The summed E-state index contributed by atoms with van der Waals surface area (Å²) in [6, 6.07) is 7.94. The number of nitrogens with zero attached hydrogens (tertiary/aromatic N) is 2. The zero-order valence-corrected chi connectivity index (χ0v) is 12.2. The highest BCUT2D eigenvalue weighted by Crippen LogP contribution is 2.24. The number of amides is 1. The quantitative estimate of drug-likeness (QED) is 0.939. The first-order valence-corrected chi connectivity index (χ1v) is 7.63. The number of benzene rings is 1. The number of aromatic nitrogens is 1. The molecule has 1 aliphatic rings. The van der Waals surface area contributed by atoms with Gasteiger partial charge < -0.3 is 10.2 Å². The Hall–Kier alpha value is -1.72. The van der Waals surface area contributed by atoms with Crippen LogP contribution in [0.2, 0.25) is 0 Å². The van der Waals surface area contributed by atoms with Crippen molar-refractivity contribution < 1.29 is 4.79 Å². The Labute approximate surface area is 122 Å². The van der Waals surface area contributed by atoms with Crippen molar-refractivity contribution in [1.82, 2.24) is 15.2 Å². The van der Waals surface area contributed by atoms with Gasteiger partial charge in [0, 0.05) is 19.0 Å². The molecule has 0 bridgehead atoms. The fraction of sp³-hybridized carbons (Fsp3) is 0.333. The normalized spacial score (nSPS) is 17.6. The Bertz CT molecular complexity index is 597. The summed E-state index contributed by atoms with van der Waals surface area (Å²) in [5.74, 6) is 0.102. The molecule has 4 nitrogen and oxygen atoms in total. The first-order valence-electron chi connectivity index (χ1n) is 6.69. The fourth-order valence-electron chi connectivity index (χ4n) is 2.58. The molecule has 1 aliphatic heterocycles. The maximum absolute atomic E-state index is 12.6. The molecule has 0 fully saturated rings. The lowest BCUT2D eigenvalue weighted by molar-refractivity contribution is -0.133. The number of nitrogens with one attached hydrogen (secondary N) is 1. The van der Waals surface area contributed by atoms with Gasteiger partial charge in [-0.05, 0) is 17.5 Å². The molecule has 0 spiro atoms. The van der Waals surface area contributed by atoms with Crippen molar-refractivity contribution in [2.75, 3.05) is 13.6 Å². The van der Waals surface area contributed by atoms with Gasteiger partial charge in [0.25, 0.3) is 0 Å². The molecule has 0 radical (unpaired) electrons. The number of hydrogen-bond acceptors (Lipinski definition) is 4. The highest BCUT2D eigenvalue weighted by molar-refractivity contribution is 7.07. The Balaban J connectivity index is 1.77. The molecular formula is C15H17N3OS. The molecule has 3 rings (SSSR count). The van der Waals surface area contributed by atoms with Crippen LogP contribution in [0.1, 0.15) is 22.9 Å². The summed E-state index contributed by atoms with van der Waals surface area (Å²) in [5.41, 5.74) is 5.11. The molecule has 1 unspecified atom stereocenters. The zero-order chi connectivity index (χ0) is 13.9. The van der Waals surface area contributed by atoms with E-state index in [-0.39, 0.29) is 11.9 Å². The molecule has 0 saturated heterocycles. The topological polar surface area (TPSA) is 45.2 Å². The second-order valence-corrected chi connectivity index (χ2v) is 5.73. The molecule has 1 aromatic heterocycles. The monoisotopic (exact) mass is 287 g/mol. The largest absolute Gasteiger partial charge is 0.338 e.